The normalized spacial score (nSPS) is 19.8. The third-order valence-electron chi connectivity index (χ3n) is 2.56. The van der Waals surface area contributed by atoms with Crippen molar-refractivity contribution < 1.29 is 23.1 Å². The highest BCUT2D eigenvalue weighted by molar-refractivity contribution is 5.73. The van der Waals surface area contributed by atoms with Crippen LogP contribution in [0.3, 0.4) is 0 Å². The zero-order chi connectivity index (χ0) is 13.0. The zero-order valence-corrected chi connectivity index (χ0v) is 9.76. The lowest BCUT2D eigenvalue weighted by atomic mass is 9.91. The number of carbonyl (C=O) groups excluding carboxylic acids is 1. The van der Waals surface area contributed by atoms with Crippen molar-refractivity contribution in [2.24, 2.45) is 0 Å². The van der Waals surface area contributed by atoms with E-state index >= 15 is 0 Å². The molecule has 0 aromatic rings. The summed E-state index contributed by atoms with van der Waals surface area (Å²) in [6.45, 7) is 5.23. The van der Waals surface area contributed by atoms with Crippen LogP contribution in [-0.4, -0.2) is 40.8 Å². The first-order chi connectivity index (χ1) is 7.26. The van der Waals surface area contributed by atoms with Gasteiger partial charge in [-0.05, 0) is 0 Å². The van der Waals surface area contributed by atoms with E-state index in [0.29, 0.717) is 0 Å². The molecular weight excluding hydrogens is 223 g/mol. The summed E-state index contributed by atoms with van der Waals surface area (Å²) in [7, 11) is 0. The number of alkyl halides is 3. The molecule has 1 rings (SSSR count). The molecule has 1 N–H and O–H groups in total. The summed E-state index contributed by atoms with van der Waals surface area (Å²) in [5.74, 6) is -0.255. The minimum absolute atomic E-state index is 0.0364. The van der Waals surface area contributed by atoms with Crippen molar-refractivity contribution in [2.45, 2.75) is 45.4 Å². The van der Waals surface area contributed by atoms with Gasteiger partial charge in [-0.1, -0.05) is 13.8 Å². The molecule has 0 unspecified atom stereocenters. The number of likely N-dealkylation sites (tertiary alicyclic amines) is 1. The summed E-state index contributed by atoms with van der Waals surface area (Å²) in [6, 6.07) is 0. The van der Waals surface area contributed by atoms with E-state index in [1.54, 1.807) is 0 Å². The Morgan fingerprint density at radius 3 is 1.88 bits per heavy atom. The highest BCUT2D eigenvalue weighted by Gasteiger charge is 2.54. The SMILES string of the molecule is CC.CC(=O)N1CCC(O)(C(F)(F)F)CC1. The fraction of sp³-hybridized carbons (Fsp3) is 0.900. The molecule has 16 heavy (non-hydrogen) atoms. The average molecular weight is 241 g/mol. The maximum absolute atomic E-state index is 12.3. The van der Waals surface area contributed by atoms with Crippen molar-refractivity contribution in [1.82, 2.24) is 4.90 Å². The second kappa shape index (κ2) is 5.52. The van der Waals surface area contributed by atoms with Crippen LogP contribution < -0.4 is 0 Å². The van der Waals surface area contributed by atoms with Crippen LogP contribution in [0.2, 0.25) is 0 Å². The van der Waals surface area contributed by atoms with Gasteiger partial charge in [-0.15, -0.1) is 0 Å². The van der Waals surface area contributed by atoms with Gasteiger partial charge in [0.15, 0.2) is 5.60 Å². The van der Waals surface area contributed by atoms with Crippen molar-refractivity contribution in [3.8, 4) is 0 Å². The Morgan fingerprint density at radius 1 is 1.25 bits per heavy atom. The Bertz CT molecular complexity index is 233. The lowest BCUT2D eigenvalue weighted by Gasteiger charge is -2.38. The maximum Gasteiger partial charge on any atom is 0.417 e. The van der Waals surface area contributed by atoms with Crippen molar-refractivity contribution >= 4 is 5.91 Å². The summed E-state index contributed by atoms with van der Waals surface area (Å²) in [6.07, 6.45) is -5.47. The third kappa shape index (κ3) is 3.37. The number of halogens is 3. The number of nitrogens with zero attached hydrogens (tertiary/aromatic N) is 1. The van der Waals surface area contributed by atoms with Gasteiger partial charge in [0, 0.05) is 32.9 Å². The first-order valence-electron chi connectivity index (χ1n) is 5.31. The maximum atomic E-state index is 12.3. The van der Waals surface area contributed by atoms with E-state index < -0.39 is 24.6 Å². The van der Waals surface area contributed by atoms with E-state index in [2.05, 4.69) is 0 Å². The monoisotopic (exact) mass is 241 g/mol. The molecule has 0 bridgehead atoms. The quantitative estimate of drug-likeness (QED) is 0.704. The molecule has 0 aromatic carbocycles. The van der Waals surface area contributed by atoms with E-state index in [1.165, 1.54) is 11.8 Å². The number of hydrogen-bond donors (Lipinski definition) is 1. The smallest absolute Gasteiger partial charge is 0.380 e. The molecule has 96 valence electrons. The van der Waals surface area contributed by atoms with Crippen molar-refractivity contribution in [3.05, 3.63) is 0 Å². The van der Waals surface area contributed by atoms with E-state index in [4.69, 9.17) is 0 Å². The largest absolute Gasteiger partial charge is 0.417 e. The number of hydrogen-bond acceptors (Lipinski definition) is 2. The number of carbonyl (C=O) groups is 1. The fourth-order valence-corrected chi connectivity index (χ4v) is 1.48. The van der Waals surface area contributed by atoms with Crippen LogP contribution in [0.25, 0.3) is 0 Å². The molecule has 0 aromatic heterocycles. The van der Waals surface area contributed by atoms with E-state index in [1.807, 2.05) is 13.8 Å². The van der Waals surface area contributed by atoms with E-state index in [0.717, 1.165) is 0 Å². The molecule has 0 saturated carbocycles. The minimum Gasteiger partial charge on any atom is -0.380 e. The Kier molecular flexibility index (Phi) is 5.25. The predicted octanol–water partition coefficient (Wildman–Crippen LogP) is 1.95. The number of aliphatic hydroxyl groups is 1. The topological polar surface area (TPSA) is 40.5 Å². The molecule has 1 fully saturated rings. The molecule has 1 amide bonds. The van der Waals surface area contributed by atoms with Gasteiger partial charge in [0.1, 0.15) is 0 Å². The second-order valence-corrected chi connectivity index (χ2v) is 3.54. The summed E-state index contributed by atoms with van der Waals surface area (Å²) in [5, 5.41) is 9.24. The first-order valence-corrected chi connectivity index (χ1v) is 5.31. The molecule has 3 nitrogen and oxygen atoms in total. The molecule has 0 radical (unpaired) electrons. The van der Waals surface area contributed by atoms with E-state index in [-0.39, 0.29) is 19.0 Å². The first kappa shape index (κ1) is 15.2. The van der Waals surface area contributed by atoms with Crippen molar-refractivity contribution in [3.63, 3.8) is 0 Å². The van der Waals surface area contributed by atoms with Crippen LogP contribution in [-0.2, 0) is 4.79 Å². The van der Waals surface area contributed by atoms with Crippen molar-refractivity contribution in [1.29, 1.82) is 0 Å². The Hall–Kier alpha value is -0.780. The van der Waals surface area contributed by atoms with Crippen LogP contribution in [0.4, 0.5) is 13.2 Å². The third-order valence-corrected chi connectivity index (χ3v) is 2.56. The summed E-state index contributed by atoms with van der Waals surface area (Å²) >= 11 is 0. The number of rotatable bonds is 0. The molecule has 1 aliphatic heterocycles. The van der Waals surface area contributed by atoms with Gasteiger partial charge >= 0.3 is 6.18 Å². The number of amides is 1. The van der Waals surface area contributed by atoms with Gasteiger partial charge < -0.3 is 10.0 Å². The second-order valence-electron chi connectivity index (χ2n) is 3.54. The molecule has 0 spiro atoms. The van der Waals surface area contributed by atoms with Gasteiger partial charge in [-0.2, -0.15) is 13.2 Å². The molecule has 0 atom stereocenters. The van der Waals surface area contributed by atoms with Gasteiger partial charge in [0.2, 0.25) is 5.91 Å². The average Bonchev–Trinajstić information content (AvgIpc) is 2.20. The number of piperidine rings is 1. The van der Waals surface area contributed by atoms with Gasteiger partial charge in [0.05, 0.1) is 0 Å². The highest BCUT2D eigenvalue weighted by Crippen LogP contribution is 2.38. The summed E-state index contributed by atoms with van der Waals surface area (Å²) < 4.78 is 36.9. The van der Waals surface area contributed by atoms with Crippen molar-refractivity contribution in [2.75, 3.05) is 13.1 Å². The lowest BCUT2D eigenvalue weighted by Crippen LogP contribution is -2.54. The summed E-state index contributed by atoms with van der Waals surface area (Å²) in [4.78, 5) is 12.1. The molecule has 1 heterocycles. The van der Waals surface area contributed by atoms with Crippen LogP contribution in [0.1, 0.15) is 33.6 Å². The Morgan fingerprint density at radius 2 is 1.62 bits per heavy atom. The molecule has 6 heteroatoms. The minimum atomic E-state index is -4.60. The predicted molar refractivity (Wildman–Crippen MR) is 53.8 cm³/mol. The molecule has 1 aliphatic rings. The van der Waals surface area contributed by atoms with Gasteiger partial charge in [-0.25, -0.2) is 0 Å². The van der Waals surface area contributed by atoms with E-state index in [9.17, 15) is 23.1 Å². The van der Waals surface area contributed by atoms with Crippen LogP contribution in [0.5, 0.6) is 0 Å². The molecular formula is C10H18F3NO2. The molecule has 0 aliphatic carbocycles. The molecule has 1 saturated heterocycles. The zero-order valence-electron chi connectivity index (χ0n) is 9.76. The van der Waals surface area contributed by atoms with Crippen LogP contribution in [0.15, 0.2) is 0 Å². The standard InChI is InChI=1S/C8H12F3NO2.C2H6/c1-6(13)12-4-2-7(14,3-5-12)8(9,10)11;1-2/h14H,2-5H2,1H3;1-2H3. The fourth-order valence-electron chi connectivity index (χ4n) is 1.48. The Labute approximate surface area is 93.2 Å². The van der Waals surface area contributed by atoms with Crippen LogP contribution in [0, 0.1) is 0 Å². The van der Waals surface area contributed by atoms with Gasteiger partial charge in [0.25, 0.3) is 0 Å². The lowest BCUT2D eigenvalue weighted by molar-refractivity contribution is -0.272. The summed E-state index contributed by atoms with van der Waals surface area (Å²) in [5.41, 5.74) is -2.61. The van der Waals surface area contributed by atoms with Gasteiger partial charge in [-0.3, -0.25) is 4.79 Å². The Balaban J connectivity index is 0.00000106. The van der Waals surface area contributed by atoms with Crippen LogP contribution >= 0.6 is 0 Å². The highest BCUT2D eigenvalue weighted by atomic mass is 19.4.